The number of amidine groups is 1. The maximum absolute atomic E-state index is 12.2. The zero-order valence-electron chi connectivity index (χ0n) is 9.76. The second-order valence-electron chi connectivity index (χ2n) is 3.74. The van der Waals surface area contributed by atoms with Crippen LogP contribution in [0.3, 0.4) is 0 Å². The summed E-state index contributed by atoms with van der Waals surface area (Å²) in [5.74, 6) is -0.367. The second kappa shape index (κ2) is 6.47. The van der Waals surface area contributed by atoms with Crippen molar-refractivity contribution in [1.29, 1.82) is 10.8 Å². The number of carbonyl (C=O) groups excluding carboxylic acids is 1. The summed E-state index contributed by atoms with van der Waals surface area (Å²) in [6.07, 6.45) is -4.73. The zero-order chi connectivity index (χ0) is 14.6. The lowest BCUT2D eigenvalue weighted by Crippen LogP contribution is -2.50. The quantitative estimate of drug-likeness (QED) is 0.438. The lowest BCUT2D eigenvalue weighted by Gasteiger charge is -2.35. The normalized spacial score (nSPS) is 16.4. The SMILES string of the molecule is N=C(SC(=N)C(F)(F)F)N1CCN(C(=O)CCl)CC1. The Kier molecular flexibility index (Phi) is 5.48. The van der Waals surface area contributed by atoms with E-state index in [4.69, 9.17) is 22.4 Å². The Morgan fingerprint density at radius 2 is 1.63 bits per heavy atom. The predicted octanol–water partition coefficient (Wildman–Crippen LogP) is 1.58. The third kappa shape index (κ3) is 4.57. The fraction of sp³-hybridized carbons (Fsp3) is 0.667. The Balaban J connectivity index is 2.45. The zero-order valence-corrected chi connectivity index (χ0v) is 11.3. The number of piperazine rings is 1. The van der Waals surface area contributed by atoms with Gasteiger partial charge in [0.1, 0.15) is 5.88 Å². The van der Waals surface area contributed by atoms with Crippen molar-refractivity contribution in [3.05, 3.63) is 0 Å². The van der Waals surface area contributed by atoms with Crippen LogP contribution in [0, 0.1) is 10.8 Å². The van der Waals surface area contributed by atoms with Gasteiger partial charge in [-0.15, -0.1) is 11.6 Å². The molecule has 0 bridgehead atoms. The van der Waals surface area contributed by atoms with E-state index in [9.17, 15) is 18.0 Å². The number of carbonyl (C=O) groups is 1. The lowest BCUT2D eigenvalue weighted by molar-refractivity contribution is -0.129. The molecule has 2 N–H and O–H groups in total. The monoisotopic (exact) mass is 316 g/mol. The first-order chi connectivity index (χ1) is 8.75. The molecule has 10 heteroatoms. The minimum Gasteiger partial charge on any atom is -0.348 e. The fourth-order valence-corrected chi connectivity index (χ4v) is 2.25. The van der Waals surface area contributed by atoms with Crippen LogP contribution in [-0.4, -0.2) is 64.2 Å². The molecule has 0 saturated carbocycles. The molecule has 0 atom stereocenters. The number of halogens is 4. The van der Waals surface area contributed by atoms with Crippen molar-refractivity contribution >= 4 is 39.5 Å². The Labute approximate surface area is 117 Å². The van der Waals surface area contributed by atoms with Crippen molar-refractivity contribution in [2.75, 3.05) is 32.1 Å². The second-order valence-corrected chi connectivity index (χ2v) is 5.00. The molecule has 0 aromatic heterocycles. The topological polar surface area (TPSA) is 71.2 Å². The summed E-state index contributed by atoms with van der Waals surface area (Å²) in [5.41, 5.74) is 0. The number of alkyl halides is 4. The van der Waals surface area contributed by atoms with E-state index in [0.29, 0.717) is 13.1 Å². The Morgan fingerprint density at radius 3 is 2.05 bits per heavy atom. The van der Waals surface area contributed by atoms with Crippen molar-refractivity contribution in [2.24, 2.45) is 0 Å². The van der Waals surface area contributed by atoms with Crippen LogP contribution in [0.2, 0.25) is 0 Å². The largest absolute Gasteiger partial charge is 0.439 e. The molecule has 1 aliphatic rings. The molecule has 1 heterocycles. The molecular weight excluding hydrogens is 305 g/mol. The van der Waals surface area contributed by atoms with Gasteiger partial charge in [-0.1, -0.05) is 0 Å². The van der Waals surface area contributed by atoms with Gasteiger partial charge in [-0.3, -0.25) is 15.6 Å². The molecule has 0 radical (unpaired) electrons. The van der Waals surface area contributed by atoms with E-state index >= 15 is 0 Å². The highest BCUT2D eigenvalue weighted by Crippen LogP contribution is 2.25. The van der Waals surface area contributed by atoms with Crippen molar-refractivity contribution in [1.82, 2.24) is 9.80 Å². The molecule has 0 aromatic rings. The summed E-state index contributed by atoms with van der Waals surface area (Å²) in [6.45, 7) is 1.15. The highest BCUT2D eigenvalue weighted by Gasteiger charge is 2.36. The fourth-order valence-electron chi connectivity index (χ4n) is 1.46. The van der Waals surface area contributed by atoms with Crippen LogP contribution < -0.4 is 0 Å². The van der Waals surface area contributed by atoms with Crippen LogP contribution in [0.4, 0.5) is 13.2 Å². The molecule has 0 unspecified atom stereocenters. The van der Waals surface area contributed by atoms with Crippen molar-refractivity contribution in [3.63, 3.8) is 0 Å². The van der Waals surface area contributed by atoms with E-state index in [-0.39, 0.29) is 41.8 Å². The maximum atomic E-state index is 12.2. The highest BCUT2D eigenvalue weighted by atomic mass is 35.5. The molecule has 1 saturated heterocycles. The Morgan fingerprint density at radius 1 is 1.16 bits per heavy atom. The number of nitrogens with one attached hydrogen (secondary N) is 2. The first-order valence-corrected chi connectivity index (χ1v) is 6.61. The molecule has 1 rings (SSSR count). The summed E-state index contributed by atoms with van der Waals surface area (Å²) in [5, 5.41) is 12.5. The standard InChI is InChI=1S/C9H12ClF3N4OS/c10-5-6(18)16-1-3-17(4-2-16)8(15)19-7(14)9(11,12)13/h14-15H,1-5H2. The van der Waals surface area contributed by atoms with Crippen molar-refractivity contribution in [2.45, 2.75) is 6.18 Å². The van der Waals surface area contributed by atoms with E-state index in [2.05, 4.69) is 0 Å². The molecule has 0 aromatic carbocycles. The van der Waals surface area contributed by atoms with Gasteiger partial charge in [0, 0.05) is 26.2 Å². The Bertz CT molecular complexity index is 382. The number of hydrogen-bond donors (Lipinski definition) is 2. The van der Waals surface area contributed by atoms with Gasteiger partial charge in [0.2, 0.25) is 5.91 Å². The first kappa shape index (κ1) is 16.1. The lowest BCUT2D eigenvalue weighted by atomic mass is 10.3. The van der Waals surface area contributed by atoms with Crippen LogP contribution in [0.5, 0.6) is 0 Å². The predicted molar refractivity (Wildman–Crippen MR) is 68.0 cm³/mol. The molecule has 0 spiro atoms. The van der Waals surface area contributed by atoms with Gasteiger partial charge in [0.15, 0.2) is 10.2 Å². The average Bonchev–Trinajstić information content (AvgIpc) is 2.36. The number of hydrogen-bond acceptors (Lipinski definition) is 4. The van der Waals surface area contributed by atoms with Crippen LogP contribution in [-0.2, 0) is 4.79 Å². The summed E-state index contributed by atoms with van der Waals surface area (Å²) < 4.78 is 36.5. The van der Waals surface area contributed by atoms with Gasteiger partial charge in [0.05, 0.1) is 0 Å². The van der Waals surface area contributed by atoms with Gasteiger partial charge >= 0.3 is 6.18 Å². The number of thioether (sulfide) groups is 1. The molecule has 0 aliphatic carbocycles. The smallest absolute Gasteiger partial charge is 0.348 e. The summed E-state index contributed by atoms with van der Waals surface area (Å²) in [7, 11) is 0. The Hall–Kier alpha value is -0.960. The van der Waals surface area contributed by atoms with Gasteiger partial charge < -0.3 is 9.80 Å². The van der Waals surface area contributed by atoms with E-state index in [0.717, 1.165) is 0 Å². The summed E-state index contributed by atoms with van der Waals surface area (Å²) in [4.78, 5) is 14.2. The van der Waals surface area contributed by atoms with E-state index in [1.165, 1.54) is 9.80 Å². The minimum absolute atomic E-state index is 0.0665. The van der Waals surface area contributed by atoms with Crippen molar-refractivity contribution in [3.8, 4) is 0 Å². The van der Waals surface area contributed by atoms with Gasteiger partial charge in [0.25, 0.3) is 0 Å². The number of amides is 1. The molecule has 1 fully saturated rings. The molecular formula is C9H12ClF3N4OS. The van der Waals surface area contributed by atoms with Gasteiger partial charge in [-0.2, -0.15) is 13.2 Å². The molecule has 19 heavy (non-hydrogen) atoms. The molecule has 108 valence electrons. The van der Waals surface area contributed by atoms with Gasteiger partial charge in [-0.05, 0) is 11.8 Å². The summed E-state index contributed by atoms with van der Waals surface area (Å²) in [6, 6.07) is 0. The van der Waals surface area contributed by atoms with E-state index < -0.39 is 11.2 Å². The van der Waals surface area contributed by atoms with E-state index in [1.54, 1.807) is 0 Å². The van der Waals surface area contributed by atoms with Crippen LogP contribution in [0.25, 0.3) is 0 Å². The molecule has 5 nitrogen and oxygen atoms in total. The maximum Gasteiger partial charge on any atom is 0.439 e. The molecule has 1 amide bonds. The summed E-state index contributed by atoms with van der Waals surface area (Å²) >= 11 is 5.47. The molecule has 1 aliphatic heterocycles. The third-order valence-electron chi connectivity index (χ3n) is 2.49. The number of rotatable bonds is 1. The minimum atomic E-state index is -4.73. The average molecular weight is 317 g/mol. The van der Waals surface area contributed by atoms with E-state index in [1.807, 2.05) is 0 Å². The highest BCUT2D eigenvalue weighted by molar-refractivity contribution is 8.26. The first-order valence-electron chi connectivity index (χ1n) is 5.26. The van der Waals surface area contributed by atoms with Crippen LogP contribution in [0.1, 0.15) is 0 Å². The number of nitrogens with zero attached hydrogens (tertiary/aromatic N) is 2. The van der Waals surface area contributed by atoms with Crippen LogP contribution in [0.15, 0.2) is 0 Å². The third-order valence-corrected chi connectivity index (χ3v) is 3.61. The van der Waals surface area contributed by atoms with Gasteiger partial charge in [-0.25, -0.2) is 0 Å². The van der Waals surface area contributed by atoms with Crippen molar-refractivity contribution < 1.29 is 18.0 Å². The van der Waals surface area contributed by atoms with Crippen LogP contribution >= 0.6 is 23.4 Å².